The Morgan fingerprint density at radius 1 is 1.47 bits per heavy atom. The molecule has 4 nitrogen and oxygen atoms in total. The number of hydrogen-bond acceptors (Lipinski definition) is 4. The summed E-state index contributed by atoms with van der Waals surface area (Å²) >= 11 is 1.66. The largest absolute Gasteiger partial charge is 0.468 e. The Balaban J connectivity index is 1.72. The molecule has 0 spiro atoms. The number of rotatable bonds is 4. The van der Waals surface area contributed by atoms with Crippen molar-refractivity contribution < 1.29 is 4.42 Å². The van der Waals surface area contributed by atoms with Gasteiger partial charge in [-0.1, -0.05) is 0 Å². The van der Waals surface area contributed by atoms with E-state index in [4.69, 9.17) is 4.42 Å². The summed E-state index contributed by atoms with van der Waals surface area (Å²) in [7, 11) is 0. The molecule has 0 aliphatic carbocycles. The molecule has 3 aromatic heterocycles. The van der Waals surface area contributed by atoms with E-state index in [0.717, 1.165) is 29.5 Å². The van der Waals surface area contributed by atoms with Crippen molar-refractivity contribution in [1.82, 2.24) is 14.7 Å². The van der Waals surface area contributed by atoms with Crippen molar-refractivity contribution in [2.24, 2.45) is 0 Å². The first-order valence-electron chi connectivity index (χ1n) is 5.49. The molecular formula is C12H13N3OS. The number of imidazole rings is 1. The lowest BCUT2D eigenvalue weighted by molar-refractivity contribution is 0.481. The second-order valence-corrected chi connectivity index (χ2v) is 4.76. The highest BCUT2D eigenvalue weighted by atomic mass is 32.1. The van der Waals surface area contributed by atoms with Crippen LogP contribution in [0.1, 0.15) is 17.1 Å². The minimum Gasteiger partial charge on any atom is -0.468 e. The third kappa shape index (κ3) is 1.99. The monoisotopic (exact) mass is 247 g/mol. The summed E-state index contributed by atoms with van der Waals surface area (Å²) in [6.45, 7) is 3.58. The molecule has 1 N–H and O–H groups in total. The number of nitrogens with zero attached hydrogens (tertiary/aromatic N) is 2. The molecule has 0 atom stereocenters. The van der Waals surface area contributed by atoms with Gasteiger partial charge in [-0.25, -0.2) is 4.98 Å². The van der Waals surface area contributed by atoms with Gasteiger partial charge in [-0.05, 0) is 19.1 Å². The van der Waals surface area contributed by atoms with Crippen LogP contribution in [-0.4, -0.2) is 9.38 Å². The van der Waals surface area contributed by atoms with Crippen LogP contribution in [0, 0.1) is 6.92 Å². The van der Waals surface area contributed by atoms with Gasteiger partial charge in [0.2, 0.25) is 0 Å². The molecule has 0 amide bonds. The maximum Gasteiger partial charge on any atom is 0.194 e. The van der Waals surface area contributed by atoms with Crippen molar-refractivity contribution >= 4 is 16.3 Å². The zero-order valence-electron chi connectivity index (χ0n) is 9.51. The van der Waals surface area contributed by atoms with Gasteiger partial charge in [0.05, 0.1) is 24.2 Å². The first-order chi connectivity index (χ1) is 8.34. The normalized spacial score (nSPS) is 11.4. The Morgan fingerprint density at radius 3 is 3.24 bits per heavy atom. The van der Waals surface area contributed by atoms with Crippen LogP contribution in [0.4, 0.5) is 0 Å². The molecule has 0 fully saturated rings. The Hall–Kier alpha value is -1.59. The van der Waals surface area contributed by atoms with Crippen LogP contribution in [0.15, 0.2) is 34.4 Å². The van der Waals surface area contributed by atoms with E-state index in [1.807, 2.05) is 19.1 Å². The second kappa shape index (κ2) is 4.35. The highest BCUT2D eigenvalue weighted by molar-refractivity contribution is 7.15. The van der Waals surface area contributed by atoms with E-state index in [9.17, 15) is 0 Å². The van der Waals surface area contributed by atoms with E-state index in [-0.39, 0.29) is 0 Å². The van der Waals surface area contributed by atoms with Crippen LogP contribution in [0.3, 0.4) is 0 Å². The molecule has 0 radical (unpaired) electrons. The van der Waals surface area contributed by atoms with Gasteiger partial charge in [-0.3, -0.25) is 4.40 Å². The smallest absolute Gasteiger partial charge is 0.194 e. The summed E-state index contributed by atoms with van der Waals surface area (Å²) in [4.78, 5) is 5.56. The zero-order chi connectivity index (χ0) is 11.7. The van der Waals surface area contributed by atoms with E-state index in [2.05, 4.69) is 26.3 Å². The average Bonchev–Trinajstić information content (AvgIpc) is 2.98. The fourth-order valence-electron chi connectivity index (χ4n) is 1.87. The van der Waals surface area contributed by atoms with Crippen molar-refractivity contribution in [3.63, 3.8) is 0 Å². The minimum atomic E-state index is 0.740. The number of furan rings is 1. The lowest BCUT2D eigenvalue weighted by atomic mass is 10.3. The lowest BCUT2D eigenvalue weighted by Crippen LogP contribution is -2.14. The molecule has 88 valence electrons. The predicted octanol–water partition coefficient (Wildman–Crippen LogP) is 2.59. The standard InChI is InChI=1S/C12H13N3OS/c1-9-11(15-4-6-17-12(15)14-9)8-13-7-10-3-2-5-16-10/h2-6,13H,7-8H2,1H3. The summed E-state index contributed by atoms with van der Waals surface area (Å²) in [6, 6.07) is 3.87. The van der Waals surface area contributed by atoms with E-state index >= 15 is 0 Å². The Labute approximate surface area is 103 Å². The number of thiazole rings is 1. The average molecular weight is 247 g/mol. The maximum atomic E-state index is 5.27. The molecule has 0 saturated heterocycles. The SMILES string of the molecule is Cc1nc2sccn2c1CNCc1ccco1. The quantitative estimate of drug-likeness (QED) is 0.770. The molecule has 3 rings (SSSR count). The molecule has 17 heavy (non-hydrogen) atoms. The predicted molar refractivity (Wildman–Crippen MR) is 67.1 cm³/mol. The lowest BCUT2D eigenvalue weighted by Gasteiger charge is -2.03. The minimum absolute atomic E-state index is 0.740. The molecular weight excluding hydrogens is 234 g/mol. The second-order valence-electron chi connectivity index (χ2n) is 3.88. The van der Waals surface area contributed by atoms with Crippen LogP contribution in [0.2, 0.25) is 0 Å². The fraction of sp³-hybridized carbons (Fsp3) is 0.250. The molecule has 5 heteroatoms. The van der Waals surface area contributed by atoms with Gasteiger partial charge in [-0.15, -0.1) is 11.3 Å². The van der Waals surface area contributed by atoms with Crippen LogP contribution in [0.25, 0.3) is 4.96 Å². The molecule has 0 aliphatic heterocycles. The molecule has 0 bridgehead atoms. The first kappa shape index (κ1) is 10.6. The first-order valence-corrected chi connectivity index (χ1v) is 6.36. The summed E-state index contributed by atoms with van der Waals surface area (Å²) < 4.78 is 7.41. The van der Waals surface area contributed by atoms with Crippen LogP contribution < -0.4 is 5.32 Å². The molecule has 0 aliphatic rings. The summed E-state index contributed by atoms with van der Waals surface area (Å²) in [5.74, 6) is 0.953. The third-order valence-corrected chi connectivity index (χ3v) is 3.49. The number of aryl methyl sites for hydroxylation is 1. The molecule has 0 aromatic carbocycles. The topological polar surface area (TPSA) is 42.5 Å². The molecule has 3 heterocycles. The molecule has 0 saturated carbocycles. The summed E-state index contributed by atoms with van der Waals surface area (Å²) in [6.07, 6.45) is 3.75. The van der Waals surface area contributed by atoms with Gasteiger partial charge < -0.3 is 9.73 Å². The van der Waals surface area contributed by atoms with Gasteiger partial charge in [0.15, 0.2) is 4.96 Å². The van der Waals surface area contributed by atoms with E-state index in [0.29, 0.717) is 0 Å². The maximum absolute atomic E-state index is 5.27. The highest BCUT2D eigenvalue weighted by Crippen LogP contribution is 2.16. The summed E-state index contributed by atoms with van der Waals surface area (Å²) in [5.41, 5.74) is 2.30. The van der Waals surface area contributed by atoms with Crippen molar-refractivity contribution in [3.8, 4) is 0 Å². The van der Waals surface area contributed by atoms with Crippen LogP contribution in [0.5, 0.6) is 0 Å². The van der Waals surface area contributed by atoms with Crippen LogP contribution >= 0.6 is 11.3 Å². The number of fused-ring (bicyclic) bond motifs is 1. The number of nitrogens with one attached hydrogen (secondary N) is 1. The van der Waals surface area contributed by atoms with Gasteiger partial charge in [0, 0.05) is 18.1 Å². The number of hydrogen-bond donors (Lipinski definition) is 1. The van der Waals surface area contributed by atoms with E-state index < -0.39 is 0 Å². The number of aromatic nitrogens is 2. The summed E-state index contributed by atoms with van der Waals surface area (Å²) in [5, 5.41) is 5.42. The van der Waals surface area contributed by atoms with Crippen molar-refractivity contribution in [2.45, 2.75) is 20.0 Å². The Morgan fingerprint density at radius 2 is 2.41 bits per heavy atom. The van der Waals surface area contributed by atoms with Crippen molar-refractivity contribution in [3.05, 3.63) is 47.1 Å². The molecule has 3 aromatic rings. The molecule has 0 unspecified atom stereocenters. The van der Waals surface area contributed by atoms with Gasteiger partial charge in [0.25, 0.3) is 0 Å². The van der Waals surface area contributed by atoms with Crippen molar-refractivity contribution in [2.75, 3.05) is 0 Å². The van der Waals surface area contributed by atoms with Gasteiger partial charge in [0.1, 0.15) is 5.76 Å². The van der Waals surface area contributed by atoms with Gasteiger partial charge >= 0.3 is 0 Å². The van der Waals surface area contributed by atoms with Gasteiger partial charge in [-0.2, -0.15) is 0 Å². The zero-order valence-corrected chi connectivity index (χ0v) is 10.3. The van der Waals surface area contributed by atoms with Crippen LogP contribution in [-0.2, 0) is 13.1 Å². The Bertz CT molecular complexity index is 609. The third-order valence-electron chi connectivity index (χ3n) is 2.73. The fourth-order valence-corrected chi connectivity index (χ4v) is 2.65. The van der Waals surface area contributed by atoms with Crippen molar-refractivity contribution in [1.29, 1.82) is 0 Å². The highest BCUT2D eigenvalue weighted by Gasteiger charge is 2.08. The van der Waals surface area contributed by atoms with E-state index in [1.54, 1.807) is 17.6 Å². The van der Waals surface area contributed by atoms with E-state index in [1.165, 1.54) is 5.69 Å². The Kier molecular flexibility index (Phi) is 2.70.